The van der Waals surface area contributed by atoms with Gasteiger partial charge in [-0.15, -0.1) is 0 Å². The van der Waals surface area contributed by atoms with Crippen molar-refractivity contribution < 1.29 is 23.5 Å². The Morgan fingerprint density at radius 3 is 2.35 bits per heavy atom. The van der Waals surface area contributed by atoms with Crippen molar-refractivity contribution in [3.63, 3.8) is 0 Å². The first kappa shape index (κ1) is 22.9. The monoisotopic (exact) mass is 445 g/mol. The number of nitrogens with one attached hydrogen (secondary N) is 1. The summed E-state index contributed by atoms with van der Waals surface area (Å²) in [6.45, 7) is 0.185. The van der Waals surface area contributed by atoms with E-state index in [1.807, 2.05) is 30.3 Å². The fourth-order valence-electron chi connectivity index (χ4n) is 3.44. The number of amides is 1. The predicted octanol–water partition coefficient (Wildman–Crippen LogP) is 5.43. The van der Waals surface area contributed by atoms with Gasteiger partial charge >= 0.3 is 0 Å². The molecular formula is C24H22ClF2NO3. The molecule has 162 valence electrons. The number of hydrogen-bond donors (Lipinski definition) is 2. The van der Waals surface area contributed by atoms with Gasteiger partial charge in [0, 0.05) is 17.0 Å². The SMILES string of the molecule is O=C(C[C@@H](OCc1ccccc1)[C@H](Cc1ccc(Cl)cc1)c1ccc(F)cc1F)NO. The van der Waals surface area contributed by atoms with Crippen LogP contribution in [0.25, 0.3) is 0 Å². The van der Waals surface area contributed by atoms with E-state index in [-0.39, 0.29) is 18.6 Å². The van der Waals surface area contributed by atoms with E-state index in [4.69, 9.17) is 21.5 Å². The minimum atomic E-state index is -0.789. The largest absolute Gasteiger partial charge is 0.372 e. The Morgan fingerprint density at radius 2 is 1.71 bits per heavy atom. The van der Waals surface area contributed by atoms with Crippen molar-refractivity contribution in [2.75, 3.05) is 0 Å². The smallest absolute Gasteiger partial charge is 0.245 e. The van der Waals surface area contributed by atoms with Crippen LogP contribution in [0.3, 0.4) is 0 Å². The van der Waals surface area contributed by atoms with Crippen LogP contribution in [0.2, 0.25) is 5.02 Å². The molecule has 3 aromatic rings. The second kappa shape index (κ2) is 11.0. The number of hydroxylamine groups is 1. The topological polar surface area (TPSA) is 58.6 Å². The fraction of sp³-hybridized carbons (Fsp3) is 0.208. The second-order valence-electron chi connectivity index (χ2n) is 7.18. The summed E-state index contributed by atoms with van der Waals surface area (Å²) < 4.78 is 34.3. The molecule has 0 aliphatic heterocycles. The summed E-state index contributed by atoms with van der Waals surface area (Å²) in [6, 6.07) is 19.7. The highest BCUT2D eigenvalue weighted by atomic mass is 35.5. The number of benzene rings is 3. The number of ether oxygens (including phenoxy) is 1. The molecule has 0 saturated heterocycles. The molecule has 0 aliphatic rings. The lowest BCUT2D eigenvalue weighted by molar-refractivity contribution is -0.133. The number of halogens is 3. The lowest BCUT2D eigenvalue weighted by Crippen LogP contribution is -2.32. The molecule has 0 bridgehead atoms. The molecule has 2 N–H and O–H groups in total. The van der Waals surface area contributed by atoms with Gasteiger partial charge in [-0.2, -0.15) is 0 Å². The second-order valence-corrected chi connectivity index (χ2v) is 7.61. The lowest BCUT2D eigenvalue weighted by Gasteiger charge is -2.28. The van der Waals surface area contributed by atoms with Crippen LogP contribution in [0.5, 0.6) is 0 Å². The molecule has 0 aliphatic carbocycles. The van der Waals surface area contributed by atoms with Crippen molar-refractivity contribution in [3.8, 4) is 0 Å². The standard InChI is InChI=1S/C24H22ClF2NO3/c25-18-8-6-16(7-9-18)12-21(20-11-10-19(26)13-22(20)27)23(14-24(29)28-30)31-15-17-4-2-1-3-5-17/h1-11,13,21,23,30H,12,14-15H2,(H,28,29)/t21-,23-/m1/s1. The Bertz CT molecular complexity index is 999. The summed E-state index contributed by atoms with van der Waals surface area (Å²) >= 11 is 5.97. The molecule has 0 unspecified atom stereocenters. The third-order valence-electron chi connectivity index (χ3n) is 5.00. The van der Waals surface area contributed by atoms with Crippen molar-refractivity contribution in [1.29, 1.82) is 0 Å². The van der Waals surface area contributed by atoms with Gasteiger partial charge in [-0.05, 0) is 41.3 Å². The van der Waals surface area contributed by atoms with Gasteiger partial charge in [-0.25, -0.2) is 14.3 Å². The Kier molecular flexibility index (Phi) is 8.12. The summed E-state index contributed by atoms with van der Waals surface area (Å²) in [5.41, 5.74) is 3.55. The first-order valence-corrected chi connectivity index (χ1v) is 10.1. The first-order chi connectivity index (χ1) is 15.0. The molecular weight excluding hydrogens is 424 g/mol. The zero-order valence-electron chi connectivity index (χ0n) is 16.6. The average molecular weight is 446 g/mol. The van der Waals surface area contributed by atoms with Crippen molar-refractivity contribution in [2.45, 2.75) is 31.5 Å². The maximum atomic E-state index is 14.7. The quantitative estimate of drug-likeness (QED) is 0.341. The maximum absolute atomic E-state index is 14.7. The minimum Gasteiger partial charge on any atom is -0.372 e. The molecule has 3 rings (SSSR count). The number of carbonyl (C=O) groups excluding carboxylic acids is 1. The van der Waals surface area contributed by atoms with Crippen LogP contribution in [0.1, 0.15) is 29.0 Å². The molecule has 4 nitrogen and oxygen atoms in total. The van der Waals surface area contributed by atoms with Crippen LogP contribution in [0.15, 0.2) is 72.8 Å². The summed E-state index contributed by atoms with van der Waals surface area (Å²) in [5, 5.41) is 9.60. The van der Waals surface area contributed by atoms with Gasteiger partial charge in [-0.3, -0.25) is 10.0 Å². The van der Waals surface area contributed by atoms with Gasteiger partial charge in [0.2, 0.25) is 5.91 Å². The van der Waals surface area contributed by atoms with Crippen molar-refractivity contribution in [3.05, 3.63) is 106 Å². The zero-order chi connectivity index (χ0) is 22.2. The molecule has 0 spiro atoms. The molecule has 0 saturated carbocycles. The van der Waals surface area contributed by atoms with Gasteiger partial charge in [0.05, 0.1) is 19.1 Å². The van der Waals surface area contributed by atoms with Gasteiger partial charge < -0.3 is 4.74 Å². The molecule has 0 radical (unpaired) electrons. The molecule has 0 aromatic heterocycles. The Morgan fingerprint density at radius 1 is 1.00 bits per heavy atom. The molecule has 7 heteroatoms. The molecule has 0 fully saturated rings. The van der Waals surface area contributed by atoms with E-state index in [9.17, 15) is 13.6 Å². The number of carbonyl (C=O) groups is 1. The third-order valence-corrected chi connectivity index (χ3v) is 5.25. The molecule has 31 heavy (non-hydrogen) atoms. The van der Waals surface area contributed by atoms with E-state index in [1.165, 1.54) is 12.1 Å². The van der Waals surface area contributed by atoms with Crippen LogP contribution in [-0.4, -0.2) is 17.2 Å². The molecule has 1 amide bonds. The van der Waals surface area contributed by atoms with E-state index >= 15 is 0 Å². The molecule has 2 atom stereocenters. The van der Waals surface area contributed by atoms with E-state index < -0.39 is 29.6 Å². The zero-order valence-corrected chi connectivity index (χ0v) is 17.4. The van der Waals surface area contributed by atoms with E-state index in [0.717, 1.165) is 17.2 Å². The van der Waals surface area contributed by atoms with Crippen molar-refractivity contribution in [1.82, 2.24) is 5.48 Å². The first-order valence-electron chi connectivity index (χ1n) is 9.74. The lowest BCUT2D eigenvalue weighted by atomic mass is 9.85. The summed E-state index contributed by atoms with van der Waals surface area (Å²) in [7, 11) is 0. The van der Waals surface area contributed by atoms with Gasteiger partial charge in [0.25, 0.3) is 0 Å². The molecule has 0 heterocycles. The van der Waals surface area contributed by atoms with Gasteiger partial charge in [-0.1, -0.05) is 60.1 Å². The van der Waals surface area contributed by atoms with E-state index in [0.29, 0.717) is 11.4 Å². The maximum Gasteiger partial charge on any atom is 0.245 e. The highest BCUT2D eigenvalue weighted by Gasteiger charge is 2.29. The number of hydrogen-bond acceptors (Lipinski definition) is 3. The third kappa shape index (κ3) is 6.59. The van der Waals surface area contributed by atoms with Crippen molar-refractivity contribution in [2.24, 2.45) is 0 Å². The van der Waals surface area contributed by atoms with Crippen LogP contribution in [-0.2, 0) is 22.6 Å². The Hall–Kier alpha value is -2.80. The van der Waals surface area contributed by atoms with Gasteiger partial charge in [0.15, 0.2) is 0 Å². The van der Waals surface area contributed by atoms with Crippen molar-refractivity contribution >= 4 is 17.5 Å². The normalized spacial score (nSPS) is 12.9. The average Bonchev–Trinajstić information content (AvgIpc) is 2.77. The highest BCUT2D eigenvalue weighted by molar-refractivity contribution is 6.30. The summed E-state index contributed by atoms with van der Waals surface area (Å²) in [5.74, 6) is -2.71. The van der Waals surface area contributed by atoms with Crippen LogP contribution in [0, 0.1) is 11.6 Å². The van der Waals surface area contributed by atoms with E-state index in [1.54, 1.807) is 29.7 Å². The van der Waals surface area contributed by atoms with E-state index in [2.05, 4.69) is 0 Å². The summed E-state index contributed by atoms with van der Waals surface area (Å²) in [4.78, 5) is 12.0. The Labute approximate surface area is 184 Å². The number of rotatable bonds is 9. The predicted molar refractivity (Wildman–Crippen MR) is 114 cm³/mol. The molecule has 3 aromatic carbocycles. The summed E-state index contributed by atoms with van der Waals surface area (Å²) in [6.07, 6.45) is -0.681. The fourth-order valence-corrected chi connectivity index (χ4v) is 3.57. The van der Waals surface area contributed by atoms with Crippen LogP contribution in [0.4, 0.5) is 8.78 Å². The minimum absolute atomic E-state index is 0.185. The Balaban J connectivity index is 1.95. The van der Waals surface area contributed by atoms with Crippen LogP contribution >= 0.6 is 11.6 Å². The van der Waals surface area contributed by atoms with Crippen LogP contribution < -0.4 is 5.48 Å². The van der Waals surface area contributed by atoms with Gasteiger partial charge in [0.1, 0.15) is 11.6 Å². The highest BCUT2D eigenvalue weighted by Crippen LogP contribution is 2.32.